The van der Waals surface area contributed by atoms with Gasteiger partial charge < -0.3 is 10.2 Å². The van der Waals surface area contributed by atoms with Crippen LogP contribution < -0.4 is 5.32 Å². The maximum atomic E-state index is 14.6. The van der Waals surface area contributed by atoms with E-state index in [0.29, 0.717) is 23.2 Å². The molecule has 0 saturated heterocycles. The van der Waals surface area contributed by atoms with Crippen molar-refractivity contribution < 1.29 is 22.8 Å². The zero-order valence-electron chi connectivity index (χ0n) is 18.4. The van der Waals surface area contributed by atoms with E-state index in [9.17, 15) is 18.0 Å². The van der Waals surface area contributed by atoms with Gasteiger partial charge in [0.1, 0.15) is 5.71 Å². The normalized spacial score (nSPS) is 18.9. The first kappa shape index (κ1) is 25.7. The van der Waals surface area contributed by atoms with Crippen LogP contribution in [0.5, 0.6) is 0 Å². The average molecular weight is 509 g/mol. The minimum Gasteiger partial charge on any atom is -0.369 e. The lowest BCUT2D eigenvalue weighted by Gasteiger charge is -2.31. The molecule has 0 aromatic heterocycles. The van der Waals surface area contributed by atoms with Crippen molar-refractivity contribution in [2.45, 2.75) is 38.5 Å². The molecule has 0 spiro atoms. The SMILES string of the molecule is C#CC=C1C(c2ccc(C(=O)NCCCC)c(C)c2)=NOC1(c1cc(Cl)cc(Cl)c1)C(F)(F)F. The van der Waals surface area contributed by atoms with Crippen LogP contribution in [-0.4, -0.2) is 24.3 Å². The fourth-order valence-corrected chi connectivity index (χ4v) is 4.24. The summed E-state index contributed by atoms with van der Waals surface area (Å²) < 4.78 is 43.7. The Bertz CT molecular complexity index is 1200. The number of terminal acetylenes is 1. The molecule has 34 heavy (non-hydrogen) atoms. The van der Waals surface area contributed by atoms with E-state index in [0.717, 1.165) is 31.1 Å². The number of carbonyl (C=O) groups excluding carboxylic acids is 1. The Balaban J connectivity index is 2.08. The quantitative estimate of drug-likeness (QED) is 0.353. The van der Waals surface area contributed by atoms with Gasteiger partial charge in [0.05, 0.1) is 5.57 Å². The third-order valence-electron chi connectivity index (χ3n) is 5.36. The molecule has 1 unspecified atom stereocenters. The first-order valence-corrected chi connectivity index (χ1v) is 11.2. The van der Waals surface area contributed by atoms with Crippen molar-refractivity contribution in [2.75, 3.05) is 6.54 Å². The summed E-state index contributed by atoms with van der Waals surface area (Å²) in [5, 5.41) is 6.60. The van der Waals surface area contributed by atoms with Crippen molar-refractivity contribution in [1.82, 2.24) is 5.32 Å². The number of benzene rings is 2. The van der Waals surface area contributed by atoms with Crippen molar-refractivity contribution in [3.8, 4) is 12.3 Å². The Morgan fingerprint density at radius 1 is 1.24 bits per heavy atom. The Morgan fingerprint density at radius 2 is 1.91 bits per heavy atom. The second-order valence-corrected chi connectivity index (χ2v) is 8.60. The number of hydrogen-bond acceptors (Lipinski definition) is 3. The summed E-state index contributed by atoms with van der Waals surface area (Å²) in [7, 11) is 0. The molecule has 0 fully saturated rings. The number of amides is 1. The van der Waals surface area contributed by atoms with Gasteiger partial charge in [0.15, 0.2) is 0 Å². The van der Waals surface area contributed by atoms with E-state index in [-0.39, 0.29) is 32.8 Å². The van der Waals surface area contributed by atoms with E-state index < -0.39 is 11.8 Å². The van der Waals surface area contributed by atoms with Gasteiger partial charge in [-0.05, 0) is 55.3 Å². The number of allylic oxidation sites excluding steroid dienone is 1. The minimum atomic E-state index is -4.96. The second-order valence-electron chi connectivity index (χ2n) is 7.73. The van der Waals surface area contributed by atoms with Crippen molar-refractivity contribution >= 4 is 34.8 Å². The number of nitrogens with one attached hydrogen (secondary N) is 1. The molecule has 3 rings (SSSR count). The molecule has 2 aromatic rings. The van der Waals surface area contributed by atoms with E-state index in [1.165, 1.54) is 18.2 Å². The van der Waals surface area contributed by atoms with Gasteiger partial charge in [0, 0.05) is 33.3 Å². The molecular weight excluding hydrogens is 488 g/mol. The van der Waals surface area contributed by atoms with Crippen LogP contribution in [0.3, 0.4) is 0 Å². The molecule has 1 aliphatic rings. The van der Waals surface area contributed by atoms with Crippen LogP contribution in [0.1, 0.15) is 46.8 Å². The highest BCUT2D eigenvalue weighted by Gasteiger charge is 2.65. The van der Waals surface area contributed by atoms with E-state index >= 15 is 0 Å². The van der Waals surface area contributed by atoms with Gasteiger partial charge in [-0.1, -0.05) is 53.7 Å². The number of oxime groups is 1. The molecule has 1 atom stereocenters. The lowest BCUT2D eigenvalue weighted by Crippen LogP contribution is -2.44. The maximum Gasteiger partial charge on any atom is 0.440 e. The molecule has 0 radical (unpaired) electrons. The van der Waals surface area contributed by atoms with Gasteiger partial charge >= 0.3 is 6.18 Å². The van der Waals surface area contributed by atoms with Crippen LogP contribution in [0.4, 0.5) is 13.2 Å². The average Bonchev–Trinajstić information content (AvgIpc) is 3.13. The van der Waals surface area contributed by atoms with E-state index in [1.54, 1.807) is 13.0 Å². The molecule has 1 heterocycles. The lowest BCUT2D eigenvalue weighted by atomic mass is 9.81. The van der Waals surface area contributed by atoms with Crippen molar-refractivity contribution in [3.63, 3.8) is 0 Å². The standard InChI is InChI=1S/C25H21Cl2F3N2O2/c1-4-6-10-31-23(33)20-9-8-16(11-15(20)3)22-21(7-5-2)24(34-32-22,25(28,29)30)17-12-18(26)14-19(27)13-17/h2,7-9,11-14H,4,6,10H2,1,3H3,(H,31,33). The molecule has 9 heteroatoms. The van der Waals surface area contributed by atoms with Gasteiger partial charge in [-0.15, -0.1) is 6.42 Å². The van der Waals surface area contributed by atoms with Crippen LogP contribution in [0.15, 0.2) is 53.2 Å². The predicted molar refractivity (Wildman–Crippen MR) is 127 cm³/mol. The first-order valence-electron chi connectivity index (χ1n) is 10.4. The Kier molecular flexibility index (Phi) is 7.64. The maximum absolute atomic E-state index is 14.6. The number of hydrogen-bond donors (Lipinski definition) is 1. The summed E-state index contributed by atoms with van der Waals surface area (Å²) in [6.45, 7) is 4.23. The topological polar surface area (TPSA) is 50.7 Å². The van der Waals surface area contributed by atoms with Crippen LogP contribution in [0, 0.1) is 19.3 Å². The zero-order valence-corrected chi connectivity index (χ0v) is 19.9. The molecule has 1 N–H and O–H groups in total. The zero-order chi connectivity index (χ0) is 25.1. The number of aryl methyl sites for hydroxylation is 1. The number of alkyl halides is 3. The van der Waals surface area contributed by atoms with E-state index in [4.69, 9.17) is 34.5 Å². The van der Waals surface area contributed by atoms with Crippen LogP contribution in [-0.2, 0) is 10.4 Å². The number of carbonyl (C=O) groups is 1. The number of unbranched alkanes of at least 4 members (excludes halogenated alkanes) is 1. The lowest BCUT2D eigenvalue weighted by molar-refractivity contribution is -0.261. The molecule has 4 nitrogen and oxygen atoms in total. The summed E-state index contributed by atoms with van der Waals surface area (Å²) in [6.07, 6.45) is 3.17. The van der Waals surface area contributed by atoms with Crippen molar-refractivity contribution in [3.05, 3.63) is 80.3 Å². The van der Waals surface area contributed by atoms with Gasteiger partial charge in [0.2, 0.25) is 0 Å². The fourth-order valence-electron chi connectivity index (χ4n) is 3.71. The van der Waals surface area contributed by atoms with Gasteiger partial charge in [0.25, 0.3) is 11.5 Å². The van der Waals surface area contributed by atoms with Gasteiger partial charge in [-0.2, -0.15) is 13.2 Å². The first-order chi connectivity index (χ1) is 16.0. The van der Waals surface area contributed by atoms with Gasteiger partial charge in [-0.3, -0.25) is 4.79 Å². The monoisotopic (exact) mass is 508 g/mol. The minimum absolute atomic E-state index is 0.00230. The molecule has 0 aliphatic carbocycles. The Morgan fingerprint density at radius 3 is 2.47 bits per heavy atom. The summed E-state index contributed by atoms with van der Waals surface area (Å²) in [5.41, 5.74) is -2.58. The Hall–Kier alpha value is -2.95. The number of halogens is 5. The van der Waals surface area contributed by atoms with E-state index in [2.05, 4.69) is 16.4 Å². The molecule has 178 valence electrons. The second kappa shape index (κ2) is 10.1. The highest BCUT2D eigenvalue weighted by molar-refractivity contribution is 6.34. The summed E-state index contributed by atoms with van der Waals surface area (Å²) in [4.78, 5) is 17.6. The number of nitrogens with zero attached hydrogens (tertiary/aromatic N) is 1. The summed E-state index contributed by atoms with van der Waals surface area (Å²) >= 11 is 12.0. The highest BCUT2D eigenvalue weighted by atomic mass is 35.5. The van der Waals surface area contributed by atoms with Gasteiger partial charge in [-0.25, -0.2) is 0 Å². The molecule has 0 saturated carbocycles. The predicted octanol–water partition coefficient (Wildman–Crippen LogP) is 6.58. The molecule has 0 bridgehead atoms. The fraction of sp³-hybridized carbons (Fsp3) is 0.280. The summed E-state index contributed by atoms with van der Waals surface area (Å²) in [6, 6.07) is 8.14. The van der Waals surface area contributed by atoms with Crippen molar-refractivity contribution in [2.24, 2.45) is 5.16 Å². The molecule has 1 aliphatic heterocycles. The highest BCUT2D eigenvalue weighted by Crippen LogP contribution is 2.52. The molecular formula is C25H21Cl2F3N2O2. The van der Waals surface area contributed by atoms with Crippen LogP contribution >= 0.6 is 23.2 Å². The van der Waals surface area contributed by atoms with Crippen molar-refractivity contribution in [1.29, 1.82) is 0 Å². The molecule has 2 aromatic carbocycles. The third-order valence-corrected chi connectivity index (χ3v) is 5.80. The number of rotatable bonds is 6. The largest absolute Gasteiger partial charge is 0.440 e. The van der Waals surface area contributed by atoms with Crippen LogP contribution in [0.2, 0.25) is 10.0 Å². The summed E-state index contributed by atoms with van der Waals surface area (Å²) in [5.74, 6) is 1.89. The van der Waals surface area contributed by atoms with Crippen LogP contribution in [0.25, 0.3) is 0 Å². The molecule has 1 amide bonds. The van der Waals surface area contributed by atoms with E-state index in [1.807, 2.05) is 6.92 Å². The Labute approximate surface area is 205 Å². The third kappa shape index (κ3) is 4.79. The smallest absolute Gasteiger partial charge is 0.369 e.